The summed E-state index contributed by atoms with van der Waals surface area (Å²) in [6.45, 7) is 5.16. The lowest BCUT2D eigenvalue weighted by Gasteiger charge is -2.08. The lowest BCUT2D eigenvalue weighted by molar-refractivity contribution is 0.583. The molecule has 1 unspecified atom stereocenters. The third kappa shape index (κ3) is 4.76. The van der Waals surface area contributed by atoms with E-state index < -0.39 is 10.8 Å². The molecule has 0 spiro atoms. The molecule has 1 aromatic carbocycles. The highest BCUT2D eigenvalue weighted by atomic mass is 79.9. The van der Waals surface area contributed by atoms with E-state index in [2.05, 4.69) is 35.1 Å². The van der Waals surface area contributed by atoms with Crippen molar-refractivity contribution in [3.8, 4) is 0 Å². The second-order valence-electron chi connectivity index (χ2n) is 3.94. The van der Waals surface area contributed by atoms with Crippen molar-refractivity contribution < 1.29 is 4.21 Å². The van der Waals surface area contributed by atoms with Gasteiger partial charge in [0.1, 0.15) is 0 Å². The predicted octanol–water partition coefficient (Wildman–Crippen LogP) is 2.94. The van der Waals surface area contributed by atoms with Crippen molar-refractivity contribution in [2.75, 3.05) is 12.3 Å². The monoisotopic (exact) mass is 303 g/mol. The number of hydrogen-bond acceptors (Lipinski definition) is 2. The van der Waals surface area contributed by atoms with Crippen LogP contribution in [0.5, 0.6) is 0 Å². The molecule has 4 heteroatoms. The summed E-state index contributed by atoms with van der Waals surface area (Å²) in [5.74, 6) is 0.711. The zero-order valence-corrected chi connectivity index (χ0v) is 12.1. The SMILES string of the molecule is CC(C)NCCCS(=O)c1ccccc1Br. The van der Waals surface area contributed by atoms with Gasteiger partial charge in [0, 0.05) is 16.3 Å². The van der Waals surface area contributed by atoms with Crippen molar-refractivity contribution in [2.45, 2.75) is 31.2 Å². The summed E-state index contributed by atoms with van der Waals surface area (Å²) >= 11 is 3.42. The molecule has 0 heterocycles. The first-order valence-corrected chi connectivity index (χ1v) is 7.58. The van der Waals surface area contributed by atoms with Crippen LogP contribution in [-0.2, 0) is 10.8 Å². The van der Waals surface area contributed by atoms with Gasteiger partial charge in [0.2, 0.25) is 0 Å². The second-order valence-corrected chi connectivity index (χ2v) is 6.34. The maximum atomic E-state index is 12.0. The Hall–Kier alpha value is -0.190. The van der Waals surface area contributed by atoms with E-state index in [1.165, 1.54) is 0 Å². The molecule has 0 saturated carbocycles. The van der Waals surface area contributed by atoms with Crippen molar-refractivity contribution in [3.05, 3.63) is 28.7 Å². The Labute approximate surface area is 108 Å². The Morgan fingerprint density at radius 3 is 2.69 bits per heavy atom. The van der Waals surface area contributed by atoms with Gasteiger partial charge < -0.3 is 5.32 Å². The smallest absolute Gasteiger partial charge is 0.0541 e. The molecule has 0 bridgehead atoms. The van der Waals surface area contributed by atoms with Crippen LogP contribution in [-0.4, -0.2) is 22.5 Å². The van der Waals surface area contributed by atoms with Crippen LogP contribution in [0.2, 0.25) is 0 Å². The lowest BCUT2D eigenvalue weighted by atomic mass is 10.4. The quantitative estimate of drug-likeness (QED) is 0.819. The van der Waals surface area contributed by atoms with Crippen LogP contribution in [0.25, 0.3) is 0 Å². The van der Waals surface area contributed by atoms with Crippen molar-refractivity contribution >= 4 is 26.7 Å². The first-order valence-electron chi connectivity index (χ1n) is 5.47. The van der Waals surface area contributed by atoms with E-state index in [1.54, 1.807) is 0 Å². The first-order chi connectivity index (χ1) is 7.61. The van der Waals surface area contributed by atoms with Crippen LogP contribution in [0, 0.1) is 0 Å². The topological polar surface area (TPSA) is 29.1 Å². The highest BCUT2D eigenvalue weighted by Crippen LogP contribution is 2.19. The van der Waals surface area contributed by atoms with Gasteiger partial charge >= 0.3 is 0 Å². The molecule has 1 atom stereocenters. The van der Waals surface area contributed by atoms with Crippen LogP contribution in [0.3, 0.4) is 0 Å². The van der Waals surface area contributed by atoms with Crippen LogP contribution in [0.1, 0.15) is 20.3 Å². The molecule has 90 valence electrons. The minimum atomic E-state index is -0.897. The molecule has 0 aliphatic heterocycles. The van der Waals surface area contributed by atoms with Crippen molar-refractivity contribution in [3.63, 3.8) is 0 Å². The summed E-state index contributed by atoms with van der Waals surface area (Å²) in [6, 6.07) is 8.20. The minimum Gasteiger partial charge on any atom is -0.315 e. The fraction of sp³-hybridized carbons (Fsp3) is 0.500. The summed E-state index contributed by atoms with van der Waals surface area (Å²) in [7, 11) is -0.897. The molecule has 1 N–H and O–H groups in total. The number of hydrogen-bond donors (Lipinski definition) is 1. The van der Waals surface area contributed by atoms with E-state index in [0.717, 1.165) is 22.3 Å². The molecule has 1 rings (SSSR count). The van der Waals surface area contributed by atoms with Crippen LogP contribution in [0.4, 0.5) is 0 Å². The predicted molar refractivity (Wildman–Crippen MR) is 73.2 cm³/mol. The Bertz CT molecular complexity index is 355. The third-order valence-electron chi connectivity index (χ3n) is 2.14. The van der Waals surface area contributed by atoms with Crippen LogP contribution < -0.4 is 5.32 Å². The Kier molecular flexibility index (Phi) is 6.24. The van der Waals surface area contributed by atoms with E-state index in [0.29, 0.717) is 11.8 Å². The molecule has 0 amide bonds. The Morgan fingerprint density at radius 2 is 2.06 bits per heavy atom. The second kappa shape index (κ2) is 7.20. The maximum Gasteiger partial charge on any atom is 0.0541 e. The van der Waals surface area contributed by atoms with Crippen LogP contribution in [0.15, 0.2) is 33.6 Å². The molecule has 0 fully saturated rings. The van der Waals surface area contributed by atoms with Gasteiger partial charge in [0.25, 0.3) is 0 Å². The molecular formula is C12H18BrNOS. The van der Waals surface area contributed by atoms with Gasteiger partial charge in [-0.2, -0.15) is 0 Å². The van der Waals surface area contributed by atoms with E-state index in [4.69, 9.17) is 0 Å². The Morgan fingerprint density at radius 1 is 1.38 bits per heavy atom. The minimum absolute atomic E-state index is 0.497. The van der Waals surface area contributed by atoms with Crippen LogP contribution >= 0.6 is 15.9 Å². The average Bonchev–Trinajstić information content (AvgIpc) is 2.24. The number of nitrogens with one attached hydrogen (secondary N) is 1. The summed E-state index contributed by atoms with van der Waals surface area (Å²) in [5.41, 5.74) is 0. The van der Waals surface area contributed by atoms with E-state index >= 15 is 0 Å². The normalized spacial score (nSPS) is 13.0. The number of rotatable bonds is 6. The van der Waals surface area contributed by atoms with Crippen molar-refractivity contribution in [1.29, 1.82) is 0 Å². The molecule has 1 aromatic rings. The first kappa shape index (κ1) is 13.9. The molecule has 0 aliphatic rings. The molecule has 0 aromatic heterocycles. The van der Waals surface area contributed by atoms with E-state index in [-0.39, 0.29) is 0 Å². The molecular weight excluding hydrogens is 286 g/mol. The number of halogens is 1. The van der Waals surface area contributed by atoms with Gasteiger partial charge in [0.05, 0.1) is 15.7 Å². The van der Waals surface area contributed by atoms with Crippen molar-refractivity contribution in [2.24, 2.45) is 0 Å². The summed E-state index contributed by atoms with van der Waals surface area (Å²) in [4.78, 5) is 0.895. The highest BCUT2D eigenvalue weighted by molar-refractivity contribution is 9.10. The summed E-state index contributed by atoms with van der Waals surface area (Å²) < 4.78 is 12.9. The molecule has 16 heavy (non-hydrogen) atoms. The third-order valence-corrected chi connectivity index (χ3v) is 4.60. The zero-order chi connectivity index (χ0) is 12.0. The molecule has 0 radical (unpaired) electrons. The maximum absolute atomic E-state index is 12.0. The van der Waals surface area contributed by atoms with Gasteiger partial charge in [-0.25, -0.2) is 0 Å². The van der Waals surface area contributed by atoms with Gasteiger partial charge in [-0.15, -0.1) is 0 Å². The van der Waals surface area contributed by atoms with E-state index in [9.17, 15) is 4.21 Å². The largest absolute Gasteiger partial charge is 0.315 e. The van der Waals surface area contributed by atoms with Gasteiger partial charge in [-0.05, 0) is 41.0 Å². The van der Waals surface area contributed by atoms with Gasteiger partial charge in [0.15, 0.2) is 0 Å². The fourth-order valence-electron chi connectivity index (χ4n) is 1.33. The summed E-state index contributed by atoms with van der Waals surface area (Å²) in [5, 5.41) is 3.32. The van der Waals surface area contributed by atoms with Gasteiger partial charge in [-0.1, -0.05) is 26.0 Å². The highest BCUT2D eigenvalue weighted by Gasteiger charge is 2.06. The standard InChI is InChI=1S/C12H18BrNOS/c1-10(2)14-8-5-9-16(15)12-7-4-3-6-11(12)13/h3-4,6-7,10,14H,5,8-9H2,1-2H3. The average molecular weight is 304 g/mol. The number of benzene rings is 1. The molecule has 0 saturated heterocycles. The van der Waals surface area contributed by atoms with Crippen molar-refractivity contribution in [1.82, 2.24) is 5.32 Å². The lowest BCUT2D eigenvalue weighted by Crippen LogP contribution is -2.24. The summed E-state index contributed by atoms with van der Waals surface area (Å²) in [6.07, 6.45) is 0.937. The van der Waals surface area contributed by atoms with Gasteiger partial charge in [-0.3, -0.25) is 4.21 Å². The van der Waals surface area contributed by atoms with E-state index in [1.807, 2.05) is 24.3 Å². The fourth-order valence-corrected chi connectivity index (χ4v) is 3.30. The zero-order valence-electron chi connectivity index (χ0n) is 9.70. The molecule has 2 nitrogen and oxygen atoms in total. The Balaban J connectivity index is 2.39. The molecule has 0 aliphatic carbocycles.